The normalized spacial score (nSPS) is 16.5. The lowest BCUT2D eigenvalue weighted by molar-refractivity contribution is -0.162. The van der Waals surface area contributed by atoms with Gasteiger partial charge in [0.05, 0.1) is 0 Å². The summed E-state index contributed by atoms with van der Waals surface area (Å²) >= 11 is 0. The molecule has 0 aliphatic carbocycles. The molecule has 2 heterocycles. The van der Waals surface area contributed by atoms with Crippen molar-refractivity contribution in [3.8, 4) is 0 Å². The molecule has 2 aromatic rings. The highest BCUT2D eigenvalue weighted by Crippen LogP contribution is 2.33. The summed E-state index contributed by atoms with van der Waals surface area (Å²) in [7, 11) is 0. The minimum absolute atomic E-state index is 0.448. The van der Waals surface area contributed by atoms with E-state index in [4.69, 9.17) is 9.47 Å². The van der Waals surface area contributed by atoms with Crippen LogP contribution >= 0.6 is 0 Å². The maximum atomic E-state index is 5.61. The van der Waals surface area contributed by atoms with E-state index >= 15 is 0 Å². The van der Waals surface area contributed by atoms with Gasteiger partial charge in [-0.3, -0.25) is 0 Å². The van der Waals surface area contributed by atoms with Crippen molar-refractivity contribution < 1.29 is 9.47 Å². The van der Waals surface area contributed by atoms with E-state index in [1.807, 2.05) is 30.3 Å². The van der Waals surface area contributed by atoms with E-state index in [1.54, 1.807) is 23.5 Å². The third-order valence-electron chi connectivity index (χ3n) is 2.62. The minimum atomic E-state index is -0.838. The largest absolute Gasteiger partial charge is 0.451 e. The molecule has 5 nitrogen and oxygen atoms in total. The molecule has 1 aromatic carbocycles. The zero-order chi connectivity index (χ0) is 11.6. The van der Waals surface area contributed by atoms with Gasteiger partial charge in [-0.15, -0.1) is 0 Å². The minimum Gasteiger partial charge on any atom is -0.451 e. The molecule has 0 amide bonds. The first-order chi connectivity index (χ1) is 8.39. The van der Waals surface area contributed by atoms with Crippen molar-refractivity contribution in [1.82, 2.24) is 14.8 Å². The van der Waals surface area contributed by atoms with E-state index in [2.05, 4.69) is 10.1 Å². The van der Waals surface area contributed by atoms with Gasteiger partial charge in [-0.2, -0.15) is 5.10 Å². The van der Waals surface area contributed by atoms with E-state index in [9.17, 15) is 0 Å². The molecule has 0 atom stereocenters. The summed E-state index contributed by atoms with van der Waals surface area (Å²) in [5.74, 6) is -0.838. The Morgan fingerprint density at radius 3 is 2.53 bits per heavy atom. The molecule has 5 heteroatoms. The standard InChI is InChI=1S/C12H11N3O2/c1-2-4-11(5-3-1)12(16-6-7-17-12)8-15-10-13-9-14-15/h1-7,9-10H,8H2. The number of hydrogen-bond acceptors (Lipinski definition) is 4. The van der Waals surface area contributed by atoms with Crippen molar-refractivity contribution >= 4 is 0 Å². The summed E-state index contributed by atoms with van der Waals surface area (Å²) in [6.07, 6.45) is 6.21. The molecule has 0 N–H and O–H groups in total. The van der Waals surface area contributed by atoms with Crippen LogP contribution in [0.2, 0.25) is 0 Å². The van der Waals surface area contributed by atoms with Crippen LogP contribution in [0.5, 0.6) is 0 Å². The van der Waals surface area contributed by atoms with Gasteiger partial charge in [0.25, 0.3) is 5.79 Å². The number of benzene rings is 1. The Hall–Kier alpha value is -2.30. The SMILES string of the molecule is C1=COC(Cn2cncn2)(c2ccccc2)O1. The van der Waals surface area contributed by atoms with Crippen molar-refractivity contribution in [1.29, 1.82) is 0 Å². The Bertz CT molecular complexity index is 500. The Morgan fingerprint density at radius 1 is 1.12 bits per heavy atom. The average molecular weight is 229 g/mol. The van der Waals surface area contributed by atoms with Gasteiger partial charge in [0.2, 0.25) is 0 Å². The predicted octanol–water partition coefficient (Wildman–Crippen LogP) is 1.65. The maximum Gasteiger partial charge on any atom is 0.296 e. The molecule has 0 fully saturated rings. The lowest BCUT2D eigenvalue weighted by Gasteiger charge is -2.27. The fraction of sp³-hybridized carbons (Fsp3) is 0.167. The van der Waals surface area contributed by atoms with Crippen molar-refractivity contribution in [3.05, 3.63) is 61.1 Å². The lowest BCUT2D eigenvalue weighted by Crippen LogP contribution is -2.32. The first-order valence-electron chi connectivity index (χ1n) is 5.28. The Morgan fingerprint density at radius 2 is 1.88 bits per heavy atom. The molecule has 3 rings (SSSR count). The second-order valence-corrected chi connectivity index (χ2v) is 3.72. The van der Waals surface area contributed by atoms with Crippen molar-refractivity contribution in [2.24, 2.45) is 0 Å². The van der Waals surface area contributed by atoms with Crippen molar-refractivity contribution in [2.75, 3.05) is 0 Å². The van der Waals surface area contributed by atoms with Crippen molar-refractivity contribution in [2.45, 2.75) is 12.3 Å². The summed E-state index contributed by atoms with van der Waals surface area (Å²) < 4.78 is 12.9. The second kappa shape index (κ2) is 3.93. The number of rotatable bonds is 3. The third-order valence-corrected chi connectivity index (χ3v) is 2.62. The van der Waals surface area contributed by atoms with Crippen LogP contribution in [0.1, 0.15) is 5.56 Å². The Labute approximate surface area is 98.3 Å². The van der Waals surface area contributed by atoms with Crippen LogP contribution in [-0.4, -0.2) is 14.8 Å². The smallest absolute Gasteiger partial charge is 0.296 e. The van der Waals surface area contributed by atoms with Gasteiger partial charge < -0.3 is 9.47 Å². The molecule has 0 saturated heterocycles. The van der Waals surface area contributed by atoms with Gasteiger partial charge in [-0.1, -0.05) is 30.3 Å². The van der Waals surface area contributed by atoms with Crippen LogP contribution in [0.25, 0.3) is 0 Å². The molecule has 0 bridgehead atoms. The third kappa shape index (κ3) is 1.75. The Kier molecular flexibility index (Phi) is 2.29. The molecule has 0 saturated carbocycles. The topological polar surface area (TPSA) is 49.2 Å². The molecular formula is C12H11N3O2. The van der Waals surface area contributed by atoms with Gasteiger partial charge in [0.15, 0.2) is 0 Å². The summed E-state index contributed by atoms with van der Waals surface area (Å²) in [4.78, 5) is 3.91. The van der Waals surface area contributed by atoms with E-state index in [-0.39, 0.29) is 0 Å². The second-order valence-electron chi connectivity index (χ2n) is 3.72. The molecule has 1 aliphatic heterocycles. The zero-order valence-corrected chi connectivity index (χ0v) is 9.06. The average Bonchev–Trinajstić information content (AvgIpc) is 3.03. The summed E-state index contributed by atoms with van der Waals surface area (Å²) in [5.41, 5.74) is 0.945. The van der Waals surface area contributed by atoms with Crippen LogP contribution in [0.15, 0.2) is 55.5 Å². The summed E-state index contributed by atoms with van der Waals surface area (Å²) in [6.45, 7) is 0.448. The van der Waals surface area contributed by atoms with Gasteiger partial charge in [-0.25, -0.2) is 9.67 Å². The van der Waals surface area contributed by atoms with Gasteiger partial charge in [-0.05, 0) is 0 Å². The van der Waals surface area contributed by atoms with Crippen LogP contribution < -0.4 is 0 Å². The van der Waals surface area contributed by atoms with Gasteiger partial charge in [0, 0.05) is 5.56 Å². The number of ether oxygens (including phenoxy) is 2. The highest BCUT2D eigenvalue weighted by atomic mass is 16.7. The molecule has 0 radical (unpaired) electrons. The number of hydrogen-bond donors (Lipinski definition) is 0. The van der Waals surface area contributed by atoms with Gasteiger partial charge >= 0.3 is 0 Å². The Balaban J connectivity index is 1.94. The molecule has 17 heavy (non-hydrogen) atoms. The number of nitrogens with zero attached hydrogens (tertiary/aromatic N) is 3. The van der Waals surface area contributed by atoms with E-state index in [0.717, 1.165) is 5.56 Å². The van der Waals surface area contributed by atoms with E-state index in [0.29, 0.717) is 6.54 Å². The molecule has 86 valence electrons. The van der Waals surface area contributed by atoms with Crippen molar-refractivity contribution in [3.63, 3.8) is 0 Å². The highest BCUT2D eigenvalue weighted by Gasteiger charge is 2.38. The van der Waals surface area contributed by atoms with E-state index < -0.39 is 5.79 Å². The van der Waals surface area contributed by atoms with Crippen LogP contribution in [0.3, 0.4) is 0 Å². The first kappa shape index (κ1) is 9.89. The lowest BCUT2D eigenvalue weighted by atomic mass is 10.1. The monoisotopic (exact) mass is 229 g/mol. The highest BCUT2D eigenvalue weighted by molar-refractivity contribution is 5.21. The molecule has 1 aliphatic rings. The first-order valence-corrected chi connectivity index (χ1v) is 5.28. The van der Waals surface area contributed by atoms with Crippen LogP contribution in [0, 0.1) is 0 Å². The summed E-state index contributed by atoms with van der Waals surface area (Å²) in [6, 6.07) is 9.77. The predicted molar refractivity (Wildman–Crippen MR) is 59.5 cm³/mol. The fourth-order valence-electron chi connectivity index (χ4n) is 1.82. The molecule has 1 aromatic heterocycles. The fourth-order valence-corrected chi connectivity index (χ4v) is 1.82. The zero-order valence-electron chi connectivity index (χ0n) is 9.06. The molecular weight excluding hydrogens is 218 g/mol. The van der Waals surface area contributed by atoms with E-state index in [1.165, 1.54) is 6.33 Å². The molecule has 0 unspecified atom stereocenters. The van der Waals surface area contributed by atoms with Crippen LogP contribution in [0.4, 0.5) is 0 Å². The quantitative estimate of drug-likeness (QED) is 0.803. The molecule has 0 spiro atoms. The van der Waals surface area contributed by atoms with Crippen LogP contribution in [-0.2, 0) is 21.8 Å². The number of aromatic nitrogens is 3. The summed E-state index contributed by atoms with van der Waals surface area (Å²) in [5, 5.41) is 4.07. The van der Waals surface area contributed by atoms with Gasteiger partial charge in [0.1, 0.15) is 31.7 Å². The maximum absolute atomic E-state index is 5.61.